The molecular formula is C8H16ClNO. The van der Waals surface area contributed by atoms with E-state index in [0.717, 1.165) is 32.4 Å². The Kier molecular flexibility index (Phi) is 15.1. The van der Waals surface area contributed by atoms with Gasteiger partial charge in [0.1, 0.15) is 6.61 Å². The molecule has 2 nitrogen and oxygen atoms in total. The minimum atomic E-state index is 0. The molecule has 0 unspecified atom stereocenters. The third-order valence-corrected chi connectivity index (χ3v) is 1.18. The first kappa shape index (κ1) is 13.4. The summed E-state index contributed by atoms with van der Waals surface area (Å²) < 4.78 is 5.05. The number of halogens is 1. The van der Waals surface area contributed by atoms with Crippen molar-refractivity contribution in [3.8, 4) is 12.3 Å². The zero-order valence-corrected chi connectivity index (χ0v) is 7.53. The van der Waals surface area contributed by atoms with Crippen LogP contribution in [0.1, 0.15) is 19.3 Å². The molecule has 0 saturated carbocycles. The van der Waals surface area contributed by atoms with Gasteiger partial charge in [0.05, 0.1) is 0 Å². The van der Waals surface area contributed by atoms with Crippen LogP contribution in [0.3, 0.4) is 0 Å². The SMILES string of the molecule is C#CCOCCCCCN.Cl. The summed E-state index contributed by atoms with van der Waals surface area (Å²) in [7, 11) is 0. The van der Waals surface area contributed by atoms with Gasteiger partial charge in [-0.05, 0) is 25.8 Å². The van der Waals surface area contributed by atoms with Crippen LogP contribution < -0.4 is 5.73 Å². The zero-order valence-electron chi connectivity index (χ0n) is 6.71. The zero-order chi connectivity index (χ0) is 7.66. The number of unbranched alkanes of at least 4 members (excludes halogenated alkanes) is 2. The fraction of sp³-hybridized carbons (Fsp3) is 0.750. The van der Waals surface area contributed by atoms with E-state index in [9.17, 15) is 0 Å². The van der Waals surface area contributed by atoms with Crippen LogP contribution in [0.5, 0.6) is 0 Å². The normalized spacial score (nSPS) is 8.36. The van der Waals surface area contributed by atoms with Crippen molar-refractivity contribution in [1.29, 1.82) is 0 Å². The van der Waals surface area contributed by atoms with Gasteiger partial charge in [-0.15, -0.1) is 18.8 Å². The highest BCUT2D eigenvalue weighted by atomic mass is 35.5. The minimum Gasteiger partial charge on any atom is -0.369 e. The van der Waals surface area contributed by atoms with E-state index in [4.69, 9.17) is 16.9 Å². The van der Waals surface area contributed by atoms with Gasteiger partial charge >= 0.3 is 0 Å². The van der Waals surface area contributed by atoms with Crippen molar-refractivity contribution < 1.29 is 4.74 Å². The second-order valence-electron chi connectivity index (χ2n) is 2.11. The number of terminal acetylenes is 1. The van der Waals surface area contributed by atoms with Gasteiger partial charge in [-0.3, -0.25) is 0 Å². The van der Waals surface area contributed by atoms with Gasteiger partial charge in [0.15, 0.2) is 0 Å². The van der Waals surface area contributed by atoms with Gasteiger partial charge in [0.25, 0.3) is 0 Å². The molecule has 0 rings (SSSR count). The van der Waals surface area contributed by atoms with Gasteiger partial charge in [0, 0.05) is 6.61 Å². The molecule has 66 valence electrons. The topological polar surface area (TPSA) is 35.2 Å². The minimum absolute atomic E-state index is 0. The molecule has 0 bridgehead atoms. The Morgan fingerprint density at radius 1 is 1.27 bits per heavy atom. The Morgan fingerprint density at radius 2 is 2.00 bits per heavy atom. The van der Waals surface area contributed by atoms with Crippen LogP contribution in [0.25, 0.3) is 0 Å². The van der Waals surface area contributed by atoms with E-state index in [1.165, 1.54) is 0 Å². The Hall–Kier alpha value is -0.230. The number of ether oxygens (including phenoxy) is 1. The van der Waals surface area contributed by atoms with Crippen LogP contribution in [0.2, 0.25) is 0 Å². The Labute approximate surface area is 74.9 Å². The summed E-state index contributed by atoms with van der Waals surface area (Å²) in [6, 6.07) is 0. The molecule has 0 fully saturated rings. The molecule has 0 spiro atoms. The van der Waals surface area contributed by atoms with Crippen LogP contribution >= 0.6 is 12.4 Å². The predicted molar refractivity (Wildman–Crippen MR) is 49.8 cm³/mol. The molecule has 3 heteroatoms. The molecule has 0 saturated heterocycles. The first-order valence-corrected chi connectivity index (χ1v) is 3.63. The highest BCUT2D eigenvalue weighted by Crippen LogP contribution is 1.92. The second-order valence-corrected chi connectivity index (χ2v) is 2.11. The molecule has 0 aliphatic carbocycles. The van der Waals surface area contributed by atoms with E-state index in [2.05, 4.69) is 5.92 Å². The van der Waals surface area contributed by atoms with E-state index in [0.29, 0.717) is 6.61 Å². The molecular weight excluding hydrogens is 162 g/mol. The fourth-order valence-electron chi connectivity index (χ4n) is 0.656. The summed E-state index contributed by atoms with van der Waals surface area (Å²) in [5.74, 6) is 2.41. The van der Waals surface area contributed by atoms with E-state index in [-0.39, 0.29) is 12.4 Å². The van der Waals surface area contributed by atoms with Crippen LogP contribution in [-0.2, 0) is 4.74 Å². The number of nitrogens with two attached hydrogens (primary N) is 1. The van der Waals surface area contributed by atoms with Gasteiger partial charge in [-0.1, -0.05) is 5.92 Å². The van der Waals surface area contributed by atoms with E-state index >= 15 is 0 Å². The van der Waals surface area contributed by atoms with Crippen molar-refractivity contribution >= 4 is 12.4 Å². The van der Waals surface area contributed by atoms with Crippen molar-refractivity contribution in [2.75, 3.05) is 19.8 Å². The molecule has 2 N–H and O–H groups in total. The molecule has 0 amide bonds. The van der Waals surface area contributed by atoms with Crippen LogP contribution in [0.15, 0.2) is 0 Å². The third-order valence-electron chi connectivity index (χ3n) is 1.18. The second kappa shape index (κ2) is 12.4. The fourth-order valence-corrected chi connectivity index (χ4v) is 0.656. The maximum absolute atomic E-state index is 5.30. The summed E-state index contributed by atoms with van der Waals surface area (Å²) >= 11 is 0. The van der Waals surface area contributed by atoms with Crippen molar-refractivity contribution in [2.24, 2.45) is 5.73 Å². The lowest BCUT2D eigenvalue weighted by Gasteiger charge is -1.98. The summed E-state index contributed by atoms with van der Waals surface area (Å²) in [5.41, 5.74) is 5.30. The third kappa shape index (κ3) is 12.9. The van der Waals surface area contributed by atoms with E-state index < -0.39 is 0 Å². The number of hydrogen-bond donors (Lipinski definition) is 1. The van der Waals surface area contributed by atoms with Crippen LogP contribution in [0, 0.1) is 12.3 Å². The van der Waals surface area contributed by atoms with Gasteiger partial charge < -0.3 is 10.5 Å². The van der Waals surface area contributed by atoms with Crippen LogP contribution in [-0.4, -0.2) is 19.8 Å². The van der Waals surface area contributed by atoms with Crippen molar-refractivity contribution in [3.05, 3.63) is 0 Å². The maximum Gasteiger partial charge on any atom is 0.107 e. The first-order chi connectivity index (χ1) is 4.91. The summed E-state index contributed by atoms with van der Waals surface area (Å²) in [5, 5.41) is 0. The standard InChI is InChI=1S/C8H15NO.ClH/c1-2-7-10-8-5-3-4-6-9;/h1H,3-9H2;1H. The lowest BCUT2D eigenvalue weighted by molar-refractivity contribution is 0.162. The predicted octanol–water partition coefficient (Wildman–Crippen LogP) is 1.19. The Balaban J connectivity index is 0. The lowest BCUT2D eigenvalue weighted by Crippen LogP contribution is -2.00. The molecule has 0 atom stereocenters. The summed E-state index contributed by atoms with van der Waals surface area (Å²) in [6.07, 6.45) is 8.27. The van der Waals surface area contributed by atoms with Crippen LogP contribution in [0.4, 0.5) is 0 Å². The summed E-state index contributed by atoms with van der Waals surface area (Å²) in [4.78, 5) is 0. The average Bonchev–Trinajstić information content (AvgIpc) is 1.97. The summed E-state index contributed by atoms with van der Waals surface area (Å²) in [6.45, 7) is 1.97. The maximum atomic E-state index is 5.30. The first-order valence-electron chi connectivity index (χ1n) is 3.63. The molecule has 0 aliphatic rings. The number of hydrogen-bond acceptors (Lipinski definition) is 2. The highest BCUT2D eigenvalue weighted by Gasteiger charge is 1.86. The Bertz CT molecular complexity index is 101. The quantitative estimate of drug-likeness (QED) is 0.489. The Morgan fingerprint density at radius 3 is 2.55 bits per heavy atom. The van der Waals surface area contributed by atoms with E-state index in [1.807, 2.05) is 0 Å². The molecule has 0 aromatic rings. The molecule has 11 heavy (non-hydrogen) atoms. The molecule has 0 aromatic carbocycles. The van der Waals surface area contributed by atoms with Crippen molar-refractivity contribution in [3.63, 3.8) is 0 Å². The average molecular weight is 178 g/mol. The van der Waals surface area contributed by atoms with Crippen molar-refractivity contribution in [2.45, 2.75) is 19.3 Å². The molecule has 0 aliphatic heterocycles. The monoisotopic (exact) mass is 177 g/mol. The van der Waals surface area contributed by atoms with Gasteiger partial charge in [0.2, 0.25) is 0 Å². The molecule has 0 heterocycles. The van der Waals surface area contributed by atoms with E-state index in [1.54, 1.807) is 0 Å². The smallest absolute Gasteiger partial charge is 0.107 e. The molecule has 0 aromatic heterocycles. The number of rotatable bonds is 6. The van der Waals surface area contributed by atoms with Gasteiger partial charge in [-0.25, -0.2) is 0 Å². The molecule has 0 radical (unpaired) electrons. The van der Waals surface area contributed by atoms with Gasteiger partial charge in [-0.2, -0.15) is 0 Å². The largest absolute Gasteiger partial charge is 0.369 e. The highest BCUT2D eigenvalue weighted by molar-refractivity contribution is 5.85. The van der Waals surface area contributed by atoms with Crippen molar-refractivity contribution in [1.82, 2.24) is 0 Å². The lowest BCUT2D eigenvalue weighted by atomic mass is 10.2.